The zero-order valence-corrected chi connectivity index (χ0v) is 10.2. The summed E-state index contributed by atoms with van der Waals surface area (Å²) in [4.78, 5) is 0. The molecule has 0 amide bonds. The van der Waals surface area contributed by atoms with E-state index in [1.54, 1.807) is 0 Å². The second-order valence-electron chi connectivity index (χ2n) is 1.89. The van der Waals surface area contributed by atoms with Crippen molar-refractivity contribution >= 4 is 24.8 Å². The molecule has 1 N–H and O–H groups in total. The van der Waals surface area contributed by atoms with Crippen LogP contribution in [0.4, 0.5) is 0 Å². The molecule has 0 radical (unpaired) electrons. The molecule has 0 unspecified atom stereocenters. The minimum Gasteiger partial charge on any atom is -0.491 e. The molecule has 0 fully saturated rings. The van der Waals surface area contributed by atoms with Crippen LogP contribution in [0.2, 0.25) is 0 Å². The Morgan fingerprint density at radius 2 is 1.62 bits per heavy atom. The predicted molar refractivity (Wildman–Crippen MR) is 53.5 cm³/mol. The van der Waals surface area contributed by atoms with E-state index in [1.807, 2.05) is 30.3 Å². The summed E-state index contributed by atoms with van der Waals surface area (Å²) in [6, 6.07) is 9.43. The fraction of sp³-hybridized carbons (Fsp3) is 0.250. The van der Waals surface area contributed by atoms with E-state index in [4.69, 9.17) is 9.84 Å². The first-order chi connectivity index (χ1) is 4.93. The van der Waals surface area contributed by atoms with Crippen molar-refractivity contribution < 1.29 is 29.3 Å². The summed E-state index contributed by atoms with van der Waals surface area (Å²) >= 11 is 0. The third-order valence-corrected chi connectivity index (χ3v) is 1.10. The molecule has 0 aliphatic heterocycles. The molecule has 1 aromatic rings. The Hall–Kier alpha value is 0.183. The van der Waals surface area contributed by atoms with Crippen LogP contribution in [0.15, 0.2) is 30.3 Å². The number of benzene rings is 1. The standard InChI is InChI=1S/C8H10O2.2ClH.Ru/c9-6-7-10-8-4-2-1-3-5-8;;;/h1-5,9H,6-7H2;2*1H;. The molecular formula is C8H12Cl2O2Ru. The molecule has 0 heterocycles. The second-order valence-corrected chi connectivity index (χ2v) is 1.89. The molecule has 0 aliphatic carbocycles. The Balaban J connectivity index is -0.000000333. The summed E-state index contributed by atoms with van der Waals surface area (Å²) in [6.45, 7) is 0.429. The summed E-state index contributed by atoms with van der Waals surface area (Å²) in [5, 5.41) is 8.40. The van der Waals surface area contributed by atoms with Crippen LogP contribution in [0.1, 0.15) is 0 Å². The molecule has 13 heavy (non-hydrogen) atoms. The van der Waals surface area contributed by atoms with Gasteiger partial charge in [-0.1, -0.05) is 18.2 Å². The van der Waals surface area contributed by atoms with Crippen molar-refractivity contribution in [2.24, 2.45) is 0 Å². The van der Waals surface area contributed by atoms with Gasteiger partial charge in [-0.15, -0.1) is 24.8 Å². The van der Waals surface area contributed by atoms with E-state index < -0.39 is 0 Å². The van der Waals surface area contributed by atoms with Crippen molar-refractivity contribution in [3.05, 3.63) is 30.3 Å². The third-order valence-electron chi connectivity index (χ3n) is 1.10. The maximum Gasteiger partial charge on any atom is 0.119 e. The number of halogens is 2. The van der Waals surface area contributed by atoms with Gasteiger partial charge >= 0.3 is 0 Å². The third kappa shape index (κ3) is 8.51. The molecule has 1 rings (SSSR count). The van der Waals surface area contributed by atoms with E-state index in [1.165, 1.54) is 0 Å². The van der Waals surface area contributed by atoms with Gasteiger partial charge < -0.3 is 9.84 Å². The van der Waals surface area contributed by atoms with Crippen molar-refractivity contribution in [1.82, 2.24) is 0 Å². The quantitative estimate of drug-likeness (QED) is 0.864. The molecular weight excluding hydrogens is 300 g/mol. The summed E-state index contributed by atoms with van der Waals surface area (Å²) in [6.07, 6.45) is 0. The first-order valence-corrected chi connectivity index (χ1v) is 3.22. The van der Waals surface area contributed by atoms with Gasteiger partial charge in [0.05, 0.1) is 6.61 Å². The molecule has 2 nitrogen and oxygen atoms in total. The van der Waals surface area contributed by atoms with E-state index in [9.17, 15) is 0 Å². The Bertz CT molecular complexity index is 185. The average Bonchev–Trinajstić information content (AvgIpc) is 2.03. The Labute approximate surface area is 103 Å². The maximum atomic E-state index is 8.40. The zero-order chi connectivity index (χ0) is 7.23. The Morgan fingerprint density at radius 3 is 2.08 bits per heavy atom. The van der Waals surface area contributed by atoms with Crippen LogP contribution in [-0.4, -0.2) is 18.3 Å². The number of aliphatic hydroxyl groups excluding tert-OH is 1. The van der Waals surface area contributed by atoms with Gasteiger partial charge in [0.15, 0.2) is 0 Å². The summed E-state index contributed by atoms with van der Waals surface area (Å²) in [5.41, 5.74) is 0. The fourth-order valence-electron chi connectivity index (χ4n) is 0.680. The summed E-state index contributed by atoms with van der Waals surface area (Å²) in [5.74, 6) is 0.802. The number of hydrogen-bond donors (Lipinski definition) is 1. The van der Waals surface area contributed by atoms with Gasteiger partial charge in [-0.25, -0.2) is 0 Å². The van der Waals surface area contributed by atoms with Crippen LogP contribution < -0.4 is 4.74 Å². The van der Waals surface area contributed by atoms with Crippen molar-refractivity contribution in [1.29, 1.82) is 0 Å². The van der Waals surface area contributed by atoms with Crippen molar-refractivity contribution in [3.8, 4) is 5.75 Å². The molecule has 0 spiro atoms. The Morgan fingerprint density at radius 1 is 1.08 bits per heavy atom. The molecule has 1 aromatic carbocycles. The number of para-hydroxylation sites is 1. The van der Waals surface area contributed by atoms with Crippen LogP contribution in [0.25, 0.3) is 0 Å². The minimum atomic E-state index is 0. The topological polar surface area (TPSA) is 29.5 Å². The fourth-order valence-corrected chi connectivity index (χ4v) is 0.680. The number of rotatable bonds is 3. The molecule has 0 aliphatic rings. The van der Waals surface area contributed by atoms with E-state index in [2.05, 4.69) is 0 Å². The van der Waals surface area contributed by atoms with Gasteiger partial charge in [0.2, 0.25) is 0 Å². The predicted octanol–water partition coefficient (Wildman–Crippen LogP) is 1.90. The smallest absolute Gasteiger partial charge is 0.119 e. The molecule has 0 saturated heterocycles. The minimum absolute atomic E-state index is 0. The van der Waals surface area contributed by atoms with Crippen LogP contribution in [0.3, 0.4) is 0 Å². The Kier molecular flexibility index (Phi) is 17.7. The summed E-state index contributed by atoms with van der Waals surface area (Å²) < 4.78 is 5.11. The second kappa shape index (κ2) is 12.2. The van der Waals surface area contributed by atoms with Gasteiger partial charge in [0.1, 0.15) is 12.4 Å². The van der Waals surface area contributed by atoms with E-state index in [0.717, 1.165) is 5.75 Å². The molecule has 0 aromatic heterocycles. The van der Waals surface area contributed by atoms with E-state index >= 15 is 0 Å². The van der Waals surface area contributed by atoms with E-state index in [-0.39, 0.29) is 50.9 Å². The number of hydrogen-bond acceptors (Lipinski definition) is 2. The normalized spacial score (nSPS) is 7.15. The van der Waals surface area contributed by atoms with Crippen LogP contribution in [-0.2, 0) is 19.5 Å². The van der Waals surface area contributed by atoms with Gasteiger partial charge in [-0.05, 0) is 12.1 Å². The van der Waals surface area contributed by atoms with Gasteiger partial charge in [0.25, 0.3) is 0 Å². The zero-order valence-electron chi connectivity index (χ0n) is 6.83. The van der Waals surface area contributed by atoms with Gasteiger partial charge in [-0.3, -0.25) is 0 Å². The molecule has 5 heteroatoms. The van der Waals surface area contributed by atoms with E-state index in [0.29, 0.717) is 6.61 Å². The molecule has 0 bridgehead atoms. The SMILES string of the molecule is Cl.Cl.OCCOc1ccccc1.[Ru]. The first kappa shape index (κ1) is 18.9. The van der Waals surface area contributed by atoms with Crippen molar-refractivity contribution in [3.63, 3.8) is 0 Å². The number of ether oxygens (including phenoxy) is 1. The van der Waals surface area contributed by atoms with Crippen LogP contribution >= 0.6 is 24.8 Å². The van der Waals surface area contributed by atoms with Gasteiger partial charge in [0, 0.05) is 19.5 Å². The molecule has 78 valence electrons. The largest absolute Gasteiger partial charge is 0.491 e. The monoisotopic (exact) mass is 312 g/mol. The first-order valence-electron chi connectivity index (χ1n) is 3.22. The van der Waals surface area contributed by atoms with Gasteiger partial charge in [-0.2, -0.15) is 0 Å². The molecule has 0 saturated carbocycles. The van der Waals surface area contributed by atoms with Crippen molar-refractivity contribution in [2.75, 3.05) is 13.2 Å². The summed E-state index contributed by atoms with van der Waals surface area (Å²) in [7, 11) is 0. The average molecular weight is 312 g/mol. The molecule has 0 atom stereocenters. The number of aliphatic hydroxyl groups is 1. The maximum absolute atomic E-state index is 8.40. The van der Waals surface area contributed by atoms with Crippen LogP contribution in [0.5, 0.6) is 5.75 Å². The van der Waals surface area contributed by atoms with Crippen molar-refractivity contribution in [2.45, 2.75) is 0 Å². The van der Waals surface area contributed by atoms with Crippen LogP contribution in [0, 0.1) is 0 Å².